The minimum Gasteiger partial charge on any atom is -0.387 e. The number of benzene rings is 1. The third kappa shape index (κ3) is 4.32. The zero-order valence-electron chi connectivity index (χ0n) is 13.4. The highest BCUT2D eigenvalue weighted by molar-refractivity contribution is 5.32. The molecule has 1 atom stereocenters. The van der Waals surface area contributed by atoms with Gasteiger partial charge in [0.25, 0.3) is 0 Å². The molecule has 0 radical (unpaired) electrons. The highest BCUT2D eigenvalue weighted by atomic mass is 16.3. The molecule has 0 saturated heterocycles. The van der Waals surface area contributed by atoms with Crippen LogP contribution in [0.25, 0.3) is 0 Å². The molecule has 112 valence electrons. The Morgan fingerprint density at radius 3 is 2.55 bits per heavy atom. The Balaban J connectivity index is 2.00. The van der Waals surface area contributed by atoms with Crippen molar-refractivity contribution in [2.75, 3.05) is 13.1 Å². The first kappa shape index (κ1) is 15.5. The van der Waals surface area contributed by atoms with Gasteiger partial charge in [0.15, 0.2) is 0 Å². The highest BCUT2D eigenvalue weighted by Crippen LogP contribution is 2.30. The molecule has 1 fully saturated rings. The van der Waals surface area contributed by atoms with Crippen LogP contribution in [-0.4, -0.2) is 29.1 Å². The van der Waals surface area contributed by atoms with Crippen LogP contribution in [-0.2, 0) is 0 Å². The standard InChI is InChI=1S/C18H29NO/c1-13(2)9-10-19(16-7-8-16)12-18(20)17-11-14(3)5-6-15(17)4/h5-6,11,13,16,18,20H,7-10,12H2,1-4H3. The van der Waals surface area contributed by atoms with Gasteiger partial charge in [-0.2, -0.15) is 0 Å². The first-order valence-corrected chi connectivity index (χ1v) is 7.96. The molecule has 0 heterocycles. The van der Waals surface area contributed by atoms with E-state index in [9.17, 15) is 5.11 Å². The fourth-order valence-electron chi connectivity index (χ4n) is 2.73. The van der Waals surface area contributed by atoms with Crippen molar-refractivity contribution < 1.29 is 5.11 Å². The molecule has 1 aromatic carbocycles. The third-order valence-corrected chi connectivity index (χ3v) is 4.26. The molecular weight excluding hydrogens is 246 g/mol. The summed E-state index contributed by atoms with van der Waals surface area (Å²) < 4.78 is 0. The van der Waals surface area contributed by atoms with Crippen LogP contribution in [0.3, 0.4) is 0 Å². The molecule has 1 aliphatic carbocycles. The maximum Gasteiger partial charge on any atom is 0.0919 e. The predicted molar refractivity (Wildman–Crippen MR) is 84.9 cm³/mol. The second-order valence-corrected chi connectivity index (χ2v) is 6.78. The quantitative estimate of drug-likeness (QED) is 0.817. The van der Waals surface area contributed by atoms with E-state index in [1.54, 1.807) is 0 Å². The van der Waals surface area contributed by atoms with Crippen molar-refractivity contribution in [1.29, 1.82) is 0 Å². The number of aliphatic hydroxyl groups is 1. The van der Waals surface area contributed by atoms with Crippen molar-refractivity contribution in [3.63, 3.8) is 0 Å². The second kappa shape index (κ2) is 6.73. The summed E-state index contributed by atoms with van der Waals surface area (Å²) in [6.07, 6.45) is 3.47. The molecule has 0 aliphatic heterocycles. The van der Waals surface area contributed by atoms with Crippen LogP contribution in [0.1, 0.15) is 55.9 Å². The molecule has 1 saturated carbocycles. The van der Waals surface area contributed by atoms with Gasteiger partial charge in [-0.1, -0.05) is 37.6 Å². The van der Waals surface area contributed by atoms with E-state index in [1.165, 1.54) is 30.4 Å². The van der Waals surface area contributed by atoms with Gasteiger partial charge in [0, 0.05) is 12.6 Å². The maximum atomic E-state index is 10.6. The Bertz CT molecular complexity index is 437. The summed E-state index contributed by atoms with van der Waals surface area (Å²) in [6.45, 7) is 10.6. The fourth-order valence-corrected chi connectivity index (χ4v) is 2.73. The Kier molecular flexibility index (Phi) is 5.22. The number of nitrogens with zero attached hydrogens (tertiary/aromatic N) is 1. The van der Waals surface area contributed by atoms with Gasteiger partial charge in [0.1, 0.15) is 0 Å². The second-order valence-electron chi connectivity index (χ2n) is 6.78. The first-order chi connectivity index (χ1) is 9.47. The minimum atomic E-state index is -0.359. The Labute approximate surface area is 123 Å². The lowest BCUT2D eigenvalue weighted by Crippen LogP contribution is -2.32. The fraction of sp³-hybridized carbons (Fsp3) is 0.667. The molecule has 1 unspecified atom stereocenters. The zero-order valence-corrected chi connectivity index (χ0v) is 13.4. The molecule has 0 aromatic heterocycles. The lowest BCUT2D eigenvalue weighted by molar-refractivity contribution is 0.105. The summed E-state index contributed by atoms with van der Waals surface area (Å²) in [7, 11) is 0. The predicted octanol–water partition coefficient (Wildman–Crippen LogP) is 3.85. The first-order valence-electron chi connectivity index (χ1n) is 7.96. The lowest BCUT2D eigenvalue weighted by atomic mass is 10.00. The summed E-state index contributed by atoms with van der Waals surface area (Å²) in [6, 6.07) is 7.08. The van der Waals surface area contributed by atoms with Gasteiger partial charge >= 0.3 is 0 Å². The number of aryl methyl sites for hydroxylation is 2. The molecule has 0 spiro atoms. The van der Waals surface area contributed by atoms with Gasteiger partial charge in [-0.3, -0.25) is 4.90 Å². The molecule has 2 nitrogen and oxygen atoms in total. The summed E-state index contributed by atoms with van der Waals surface area (Å²) in [4.78, 5) is 2.49. The van der Waals surface area contributed by atoms with Crippen LogP contribution < -0.4 is 0 Å². The van der Waals surface area contributed by atoms with Gasteiger partial charge in [-0.25, -0.2) is 0 Å². The van der Waals surface area contributed by atoms with Crippen molar-refractivity contribution in [3.05, 3.63) is 34.9 Å². The van der Waals surface area contributed by atoms with Gasteiger partial charge in [0.05, 0.1) is 6.10 Å². The van der Waals surface area contributed by atoms with Crippen molar-refractivity contribution in [1.82, 2.24) is 4.90 Å². The van der Waals surface area contributed by atoms with E-state index in [0.29, 0.717) is 6.04 Å². The van der Waals surface area contributed by atoms with Crippen LogP contribution in [0.15, 0.2) is 18.2 Å². The molecule has 2 heteroatoms. The number of aliphatic hydroxyl groups excluding tert-OH is 1. The van der Waals surface area contributed by atoms with E-state index in [4.69, 9.17) is 0 Å². The van der Waals surface area contributed by atoms with Gasteiger partial charge < -0.3 is 5.11 Å². The van der Waals surface area contributed by atoms with E-state index < -0.39 is 0 Å². The van der Waals surface area contributed by atoms with E-state index in [2.05, 4.69) is 50.8 Å². The molecule has 0 bridgehead atoms. The third-order valence-electron chi connectivity index (χ3n) is 4.26. The molecule has 20 heavy (non-hydrogen) atoms. The minimum absolute atomic E-state index is 0.359. The van der Waals surface area contributed by atoms with Crippen LogP contribution in [0.5, 0.6) is 0 Å². The SMILES string of the molecule is Cc1ccc(C)c(C(O)CN(CCC(C)C)C2CC2)c1. The van der Waals surface area contributed by atoms with E-state index in [0.717, 1.165) is 24.6 Å². The van der Waals surface area contributed by atoms with Gasteiger partial charge in [-0.15, -0.1) is 0 Å². The summed E-state index contributed by atoms with van der Waals surface area (Å²) in [5, 5.41) is 10.6. The normalized spacial score (nSPS) is 16.9. The smallest absolute Gasteiger partial charge is 0.0919 e. The lowest BCUT2D eigenvalue weighted by Gasteiger charge is -2.26. The van der Waals surface area contributed by atoms with E-state index >= 15 is 0 Å². The Hall–Kier alpha value is -0.860. The number of hydrogen-bond acceptors (Lipinski definition) is 2. The van der Waals surface area contributed by atoms with Crippen molar-refractivity contribution in [2.24, 2.45) is 5.92 Å². The van der Waals surface area contributed by atoms with Crippen LogP contribution in [0.4, 0.5) is 0 Å². The molecular formula is C18H29NO. The van der Waals surface area contributed by atoms with Gasteiger partial charge in [-0.05, 0) is 56.7 Å². The maximum absolute atomic E-state index is 10.6. The van der Waals surface area contributed by atoms with Crippen LogP contribution in [0.2, 0.25) is 0 Å². The molecule has 1 aliphatic rings. The topological polar surface area (TPSA) is 23.5 Å². The van der Waals surface area contributed by atoms with E-state index in [-0.39, 0.29) is 6.10 Å². The number of hydrogen-bond donors (Lipinski definition) is 1. The molecule has 1 N–H and O–H groups in total. The molecule has 2 rings (SSSR count). The van der Waals surface area contributed by atoms with E-state index in [1.807, 2.05) is 0 Å². The average molecular weight is 275 g/mol. The number of rotatable bonds is 7. The monoisotopic (exact) mass is 275 g/mol. The van der Waals surface area contributed by atoms with Crippen molar-refractivity contribution >= 4 is 0 Å². The zero-order chi connectivity index (χ0) is 14.7. The Morgan fingerprint density at radius 2 is 1.95 bits per heavy atom. The van der Waals surface area contributed by atoms with Crippen molar-refractivity contribution in [2.45, 2.75) is 59.1 Å². The van der Waals surface area contributed by atoms with Crippen LogP contribution in [0, 0.1) is 19.8 Å². The molecule has 0 amide bonds. The van der Waals surface area contributed by atoms with Crippen molar-refractivity contribution in [3.8, 4) is 0 Å². The van der Waals surface area contributed by atoms with Crippen LogP contribution >= 0.6 is 0 Å². The largest absolute Gasteiger partial charge is 0.387 e. The highest BCUT2D eigenvalue weighted by Gasteiger charge is 2.30. The average Bonchev–Trinajstić information content (AvgIpc) is 3.21. The summed E-state index contributed by atoms with van der Waals surface area (Å²) in [5.74, 6) is 0.731. The Morgan fingerprint density at radius 1 is 1.25 bits per heavy atom. The molecule has 1 aromatic rings. The summed E-state index contributed by atoms with van der Waals surface area (Å²) in [5.41, 5.74) is 3.52. The summed E-state index contributed by atoms with van der Waals surface area (Å²) >= 11 is 0. The van der Waals surface area contributed by atoms with Gasteiger partial charge in [0.2, 0.25) is 0 Å².